The smallest absolute Gasteiger partial charge is 0.132 e. The molecule has 0 aliphatic heterocycles. The quantitative estimate of drug-likeness (QED) is 0.677. The predicted octanol–water partition coefficient (Wildman–Crippen LogP) is 2.90. The first kappa shape index (κ1) is 12.6. The number of nitrogen functional groups attached to an aromatic ring is 1. The average Bonchev–Trinajstić information content (AvgIpc) is 2.39. The number of hydrogen-bond donors (Lipinski definition) is 2. The van der Waals surface area contributed by atoms with Gasteiger partial charge in [0, 0.05) is 29.0 Å². The molecule has 92 valence electrons. The highest BCUT2D eigenvalue weighted by Gasteiger charge is 2.05. The summed E-state index contributed by atoms with van der Waals surface area (Å²) in [5, 5.41) is 7.35. The van der Waals surface area contributed by atoms with Gasteiger partial charge in [-0.25, -0.2) is 4.98 Å². The van der Waals surface area contributed by atoms with Gasteiger partial charge < -0.3 is 10.6 Å². The van der Waals surface area contributed by atoms with Gasteiger partial charge in [-0.15, -0.1) is 0 Å². The molecule has 2 aromatic rings. The number of hydrogen-bond acceptors (Lipinski definition) is 3. The molecule has 2 rings (SSSR count). The number of halogens is 1. The summed E-state index contributed by atoms with van der Waals surface area (Å²) in [5.74, 6) is 0.930. The molecule has 0 aliphatic carbocycles. The molecular weight excluding hydrogens is 292 g/mol. The fourth-order valence-electron chi connectivity index (χ4n) is 1.56. The number of rotatable bonds is 3. The zero-order valence-corrected chi connectivity index (χ0v) is 11.5. The molecule has 0 atom stereocenters. The zero-order valence-electron chi connectivity index (χ0n) is 9.89. The van der Waals surface area contributed by atoms with Crippen molar-refractivity contribution in [2.24, 2.45) is 5.73 Å². The first-order valence-electron chi connectivity index (χ1n) is 5.37. The lowest BCUT2D eigenvalue weighted by molar-refractivity contribution is 1.12. The summed E-state index contributed by atoms with van der Waals surface area (Å²) in [6.45, 7) is 0. The normalized spacial score (nSPS) is 10.1. The fraction of sp³-hybridized carbons (Fsp3) is 0.0769. The van der Waals surface area contributed by atoms with Crippen molar-refractivity contribution >= 4 is 33.3 Å². The SMILES string of the molecule is CN(c1ccc(C(=N)N)cc1)c1ccc(Br)cn1. The first-order valence-corrected chi connectivity index (χ1v) is 6.17. The van der Waals surface area contributed by atoms with Crippen LogP contribution in [-0.2, 0) is 0 Å². The first-order chi connectivity index (χ1) is 8.58. The van der Waals surface area contributed by atoms with Crippen molar-refractivity contribution in [3.8, 4) is 0 Å². The van der Waals surface area contributed by atoms with Crippen LogP contribution in [0.3, 0.4) is 0 Å². The van der Waals surface area contributed by atoms with Crippen LogP contribution in [0.4, 0.5) is 11.5 Å². The largest absolute Gasteiger partial charge is 0.384 e. The minimum absolute atomic E-state index is 0.0750. The predicted molar refractivity (Wildman–Crippen MR) is 77.5 cm³/mol. The van der Waals surface area contributed by atoms with Crippen LogP contribution in [-0.4, -0.2) is 17.9 Å². The van der Waals surface area contributed by atoms with Crippen LogP contribution in [0.2, 0.25) is 0 Å². The number of aromatic nitrogens is 1. The molecule has 3 N–H and O–H groups in total. The molecule has 1 heterocycles. The molecule has 0 amide bonds. The summed E-state index contributed by atoms with van der Waals surface area (Å²) < 4.78 is 0.951. The van der Waals surface area contributed by atoms with E-state index in [2.05, 4.69) is 20.9 Å². The molecule has 4 nitrogen and oxygen atoms in total. The summed E-state index contributed by atoms with van der Waals surface area (Å²) in [5.41, 5.74) is 7.13. The van der Waals surface area contributed by atoms with Crippen molar-refractivity contribution in [3.63, 3.8) is 0 Å². The number of nitrogens with one attached hydrogen (secondary N) is 1. The lowest BCUT2D eigenvalue weighted by Crippen LogP contribution is -2.13. The molecule has 0 aliphatic rings. The Morgan fingerprint density at radius 2 is 1.89 bits per heavy atom. The highest BCUT2D eigenvalue weighted by molar-refractivity contribution is 9.10. The minimum Gasteiger partial charge on any atom is -0.384 e. The third-order valence-electron chi connectivity index (χ3n) is 2.62. The van der Waals surface area contributed by atoms with Crippen LogP contribution in [0.25, 0.3) is 0 Å². The van der Waals surface area contributed by atoms with Gasteiger partial charge in [0.1, 0.15) is 11.7 Å². The third-order valence-corrected chi connectivity index (χ3v) is 3.09. The molecule has 0 radical (unpaired) electrons. The molecule has 0 saturated carbocycles. The van der Waals surface area contributed by atoms with E-state index >= 15 is 0 Å². The Balaban J connectivity index is 2.25. The van der Waals surface area contributed by atoms with Crippen LogP contribution < -0.4 is 10.6 Å². The zero-order chi connectivity index (χ0) is 13.1. The molecule has 0 saturated heterocycles. The molecule has 1 aromatic heterocycles. The molecule has 0 fully saturated rings. The van der Waals surface area contributed by atoms with E-state index in [9.17, 15) is 0 Å². The van der Waals surface area contributed by atoms with Crippen LogP contribution >= 0.6 is 15.9 Å². The maximum absolute atomic E-state index is 7.35. The lowest BCUT2D eigenvalue weighted by atomic mass is 10.2. The van der Waals surface area contributed by atoms with Crippen LogP contribution in [0.5, 0.6) is 0 Å². The van der Waals surface area contributed by atoms with Crippen molar-refractivity contribution < 1.29 is 0 Å². The third kappa shape index (κ3) is 2.68. The molecule has 5 heteroatoms. The maximum Gasteiger partial charge on any atom is 0.132 e. The monoisotopic (exact) mass is 304 g/mol. The standard InChI is InChI=1S/C13H13BrN4/c1-18(12-7-4-10(14)8-17-12)11-5-2-9(3-6-11)13(15)16/h2-8H,1H3,(H3,15,16). The van der Waals surface area contributed by atoms with E-state index in [1.54, 1.807) is 6.20 Å². The Morgan fingerprint density at radius 3 is 2.39 bits per heavy atom. The van der Waals surface area contributed by atoms with E-state index in [1.165, 1.54) is 0 Å². The van der Waals surface area contributed by atoms with Gasteiger partial charge in [-0.2, -0.15) is 0 Å². The van der Waals surface area contributed by atoms with Gasteiger partial charge in [0.25, 0.3) is 0 Å². The average molecular weight is 305 g/mol. The number of nitrogens with zero attached hydrogens (tertiary/aromatic N) is 2. The highest BCUT2D eigenvalue weighted by atomic mass is 79.9. The number of anilines is 2. The maximum atomic E-state index is 7.35. The molecular formula is C13H13BrN4. The number of pyridine rings is 1. The topological polar surface area (TPSA) is 66.0 Å². The van der Waals surface area contributed by atoms with E-state index in [0.717, 1.165) is 21.5 Å². The Bertz CT molecular complexity index is 548. The van der Waals surface area contributed by atoms with Crippen molar-refractivity contribution in [3.05, 3.63) is 52.6 Å². The van der Waals surface area contributed by atoms with Gasteiger partial charge >= 0.3 is 0 Å². The number of benzene rings is 1. The van der Waals surface area contributed by atoms with E-state index in [4.69, 9.17) is 11.1 Å². The lowest BCUT2D eigenvalue weighted by Gasteiger charge is -2.18. The van der Waals surface area contributed by atoms with Gasteiger partial charge in [-0.3, -0.25) is 5.41 Å². The molecule has 1 aromatic carbocycles. The van der Waals surface area contributed by atoms with Gasteiger partial charge in [0.2, 0.25) is 0 Å². The van der Waals surface area contributed by atoms with E-state index in [0.29, 0.717) is 0 Å². The summed E-state index contributed by atoms with van der Waals surface area (Å²) in [6.07, 6.45) is 1.76. The van der Waals surface area contributed by atoms with Gasteiger partial charge in [0.05, 0.1) is 0 Å². The molecule has 0 spiro atoms. The Kier molecular flexibility index (Phi) is 3.62. The highest BCUT2D eigenvalue weighted by Crippen LogP contribution is 2.22. The van der Waals surface area contributed by atoms with E-state index in [1.807, 2.05) is 48.3 Å². The second-order valence-corrected chi connectivity index (χ2v) is 4.77. The van der Waals surface area contributed by atoms with Crippen LogP contribution in [0.15, 0.2) is 47.1 Å². The van der Waals surface area contributed by atoms with Crippen molar-refractivity contribution in [2.45, 2.75) is 0 Å². The van der Waals surface area contributed by atoms with Crippen LogP contribution in [0.1, 0.15) is 5.56 Å². The molecule has 0 bridgehead atoms. The van der Waals surface area contributed by atoms with Crippen LogP contribution in [0, 0.1) is 5.41 Å². The Morgan fingerprint density at radius 1 is 1.22 bits per heavy atom. The Hall–Kier alpha value is -1.88. The number of nitrogens with two attached hydrogens (primary N) is 1. The summed E-state index contributed by atoms with van der Waals surface area (Å²) >= 11 is 3.36. The van der Waals surface area contributed by atoms with Gasteiger partial charge in [-0.05, 0) is 52.3 Å². The second kappa shape index (κ2) is 5.18. The number of amidine groups is 1. The van der Waals surface area contributed by atoms with E-state index < -0.39 is 0 Å². The summed E-state index contributed by atoms with van der Waals surface area (Å²) in [7, 11) is 1.94. The molecule has 18 heavy (non-hydrogen) atoms. The molecule has 0 unspecified atom stereocenters. The van der Waals surface area contributed by atoms with Crippen molar-refractivity contribution in [1.82, 2.24) is 4.98 Å². The Labute approximate surface area is 114 Å². The fourth-order valence-corrected chi connectivity index (χ4v) is 1.80. The van der Waals surface area contributed by atoms with Gasteiger partial charge in [-0.1, -0.05) is 0 Å². The van der Waals surface area contributed by atoms with Crippen molar-refractivity contribution in [1.29, 1.82) is 5.41 Å². The van der Waals surface area contributed by atoms with Crippen molar-refractivity contribution in [2.75, 3.05) is 11.9 Å². The minimum atomic E-state index is 0.0750. The second-order valence-electron chi connectivity index (χ2n) is 3.85. The summed E-state index contributed by atoms with van der Waals surface area (Å²) in [4.78, 5) is 6.29. The van der Waals surface area contributed by atoms with Gasteiger partial charge in [0.15, 0.2) is 0 Å². The summed E-state index contributed by atoms with van der Waals surface area (Å²) in [6, 6.07) is 11.4. The van der Waals surface area contributed by atoms with E-state index in [-0.39, 0.29) is 5.84 Å².